The Labute approximate surface area is 169 Å². The lowest BCUT2D eigenvalue weighted by molar-refractivity contribution is 0.0606. The number of nitriles is 1. The van der Waals surface area contributed by atoms with Crippen molar-refractivity contribution in [2.45, 2.75) is 25.6 Å². The molecule has 2 N–H and O–H groups in total. The van der Waals surface area contributed by atoms with Crippen LogP contribution in [-0.4, -0.2) is 54.3 Å². The maximum absolute atomic E-state index is 14.7. The van der Waals surface area contributed by atoms with E-state index < -0.39 is 24.1 Å². The van der Waals surface area contributed by atoms with Gasteiger partial charge in [0.05, 0.1) is 30.9 Å². The molecule has 1 aliphatic rings. The largest absolute Gasteiger partial charge is 0.465 e. The van der Waals surface area contributed by atoms with Gasteiger partial charge in [-0.05, 0) is 13.3 Å². The van der Waals surface area contributed by atoms with E-state index in [2.05, 4.69) is 20.0 Å². The molecule has 0 saturated carbocycles. The number of aromatic nitrogens is 2. The molecular formula is C17H17ClFN5O3S. The van der Waals surface area contributed by atoms with Gasteiger partial charge in [-0.2, -0.15) is 5.26 Å². The highest BCUT2D eigenvalue weighted by molar-refractivity contribution is 7.17. The first-order valence-electron chi connectivity index (χ1n) is 8.37. The maximum atomic E-state index is 14.7. The second kappa shape index (κ2) is 8.16. The fourth-order valence-corrected chi connectivity index (χ4v) is 4.02. The molecule has 1 aliphatic heterocycles. The van der Waals surface area contributed by atoms with E-state index in [1.54, 1.807) is 11.8 Å². The number of methoxy groups -OCH3 is 1. The van der Waals surface area contributed by atoms with Crippen molar-refractivity contribution in [3.05, 3.63) is 33.0 Å². The number of aryl methyl sites for hydroxylation is 1. The van der Waals surface area contributed by atoms with Gasteiger partial charge >= 0.3 is 5.97 Å². The molecule has 2 aromatic heterocycles. The van der Waals surface area contributed by atoms with Gasteiger partial charge in [-0.3, -0.25) is 4.79 Å². The Kier molecular flexibility index (Phi) is 5.86. The smallest absolute Gasteiger partial charge is 0.349 e. The summed E-state index contributed by atoms with van der Waals surface area (Å²) in [5, 5.41) is 12.5. The number of ether oxygens (including phenoxy) is 1. The number of thiazole rings is 1. The number of hydrogen-bond acceptors (Lipinski definition) is 7. The number of amides is 1. The van der Waals surface area contributed by atoms with Gasteiger partial charge in [-0.25, -0.2) is 14.2 Å². The number of aromatic amines is 1. The number of esters is 1. The van der Waals surface area contributed by atoms with Crippen molar-refractivity contribution < 1.29 is 18.7 Å². The molecule has 2 atom stereocenters. The van der Waals surface area contributed by atoms with Crippen LogP contribution in [-0.2, 0) is 4.74 Å². The summed E-state index contributed by atoms with van der Waals surface area (Å²) < 4.78 is 19.3. The Hall–Kier alpha value is -2.64. The second-order valence-electron chi connectivity index (χ2n) is 6.26. The van der Waals surface area contributed by atoms with E-state index in [9.17, 15) is 19.2 Å². The maximum Gasteiger partial charge on any atom is 0.349 e. The fraction of sp³-hybridized carbons (Fsp3) is 0.412. The molecule has 0 aromatic carbocycles. The van der Waals surface area contributed by atoms with Crippen LogP contribution in [0.4, 0.5) is 9.52 Å². The lowest BCUT2D eigenvalue weighted by atomic mass is 10.0. The molecule has 0 unspecified atom stereocenters. The molecule has 148 valence electrons. The number of carbonyl (C=O) groups is 2. The molecule has 1 saturated heterocycles. The Bertz CT molecular complexity index is 953. The quantitative estimate of drug-likeness (QED) is 0.728. The van der Waals surface area contributed by atoms with Crippen molar-refractivity contribution in [1.29, 1.82) is 5.26 Å². The van der Waals surface area contributed by atoms with Crippen molar-refractivity contribution in [2.75, 3.05) is 25.1 Å². The Morgan fingerprint density at radius 2 is 2.32 bits per heavy atom. The normalized spacial score (nSPS) is 19.2. The van der Waals surface area contributed by atoms with E-state index >= 15 is 0 Å². The summed E-state index contributed by atoms with van der Waals surface area (Å²) in [6.07, 6.45) is 0.392. The molecular weight excluding hydrogens is 409 g/mol. The van der Waals surface area contributed by atoms with Crippen molar-refractivity contribution in [3.63, 3.8) is 0 Å². The van der Waals surface area contributed by atoms with E-state index in [0.717, 1.165) is 11.3 Å². The van der Waals surface area contributed by atoms with Crippen molar-refractivity contribution in [2.24, 2.45) is 0 Å². The molecule has 8 nitrogen and oxygen atoms in total. The number of halogens is 2. The number of carbonyl (C=O) groups excluding carboxylic acids is 2. The number of piperidine rings is 1. The summed E-state index contributed by atoms with van der Waals surface area (Å²) in [4.78, 5) is 33.0. The molecule has 1 fully saturated rings. The van der Waals surface area contributed by atoms with Crippen LogP contribution in [0.15, 0.2) is 6.20 Å². The number of hydrogen-bond donors (Lipinski definition) is 2. The molecule has 0 bridgehead atoms. The summed E-state index contributed by atoms with van der Waals surface area (Å²) in [6, 6.07) is 1.18. The van der Waals surface area contributed by atoms with E-state index in [1.807, 2.05) is 6.07 Å². The van der Waals surface area contributed by atoms with Crippen LogP contribution < -0.4 is 10.2 Å². The highest BCUT2D eigenvalue weighted by atomic mass is 35.5. The lowest BCUT2D eigenvalue weighted by Crippen LogP contribution is -2.52. The first-order chi connectivity index (χ1) is 13.3. The second-order valence-corrected chi connectivity index (χ2v) is 7.64. The van der Waals surface area contributed by atoms with Gasteiger partial charge in [0.15, 0.2) is 5.13 Å². The van der Waals surface area contributed by atoms with Crippen LogP contribution in [0.3, 0.4) is 0 Å². The molecule has 11 heteroatoms. The number of nitrogens with one attached hydrogen (secondary N) is 2. The zero-order valence-electron chi connectivity index (χ0n) is 15.1. The number of H-pyrrole nitrogens is 1. The van der Waals surface area contributed by atoms with Gasteiger partial charge in [0.25, 0.3) is 5.91 Å². The van der Waals surface area contributed by atoms with Gasteiger partial charge < -0.3 is 19.9 Å². The molecule has 3 heterocycles. The van der Waals surface area contributed by atoms with Crippen molar-refractivity contribution in [3.8, 4) is 6.07 Å². The van der Waals surface area contributed by atoms with E-state index in [1.165, 1.54) is 13.3 Å². The summed E-state index contributed by atoms with van der Waals surface area (Å²) in [5.41, 5.74) is 0.574. The van der Waals surface area contributed by atoms with Gasteiger partial charge in [0, 0.05) is 12.2 Å². The van der Waals surface area contributed by atoms with Gasteiger partial charge in [0.1, 0.15) is 28.4 Å². The van der Waals surface area contributed by atoms with Crippen LogP contribution in [0, 0.1) is 18.3 Å². The van der Waals surface area contributed by atoms with Crippen LogP contribution >= 0.6 is 22.9 Å². The van der Waals surface area contributed by atoms with Gasteiger partial charge in [-0.15, -0.1) is 0 Å². The molecule has 2 aromatic rings. The average molecular weight is 426 g/mol. The zero-order valence-corrected chi connectivity index (χ0v) is 16.7. The van der Waals surface area contributed by atoms with Crippen LogP contribution in [0.25, 0.3) is 0 Å². The molecule has 1 amide bonds. The minimum Gasteiger partial charge on any atom is -0.465 e. The highest BCUT2D eigenvalue weighted by Crippen LogP contribution is 2.28. The summed E-state index contributed by atoms with van der Waals surface area (Å²) in [7, 11) is 1.28. The third kappa shape index (κ3) is 3.81. The van der Waals surface area contributed by atoms with Gasteiger partial charge in [-0.1, -0.05) is 22.9 Å². The third-order valence-corrected chi connectivity index (χ3v) is 5.97. The zero-order chi connectivity index (χ0) is 20.4. The van der Waals surface area contributed by atoms with Gasteiger partial charge in [0.2, 0.25) is 0 Å². The molecule has 3 rings (SSSR count). The molecule has 0 spiro atoms. The fourth-order valence-electron chi connectivity index (χ4n) is 2.97. The summed E-state index contributed by atoms with van der Waals surface area (Å²) in [5.74, 6) is -1.06. The van der Waals surface area contributed by atoms with Crippen molar-refractivity contribution in [1.82, 2.24) is 15.3 Å². The Morgan fingerprint density at radius 3 is 2.96 bits per heavy atom. The minimum atomic E-state index is -1.35. The van der Waals surface area contributed by atoms with Crippen LogP contribution in [0.1, 0.15) is 37.8 Å². The average Bonchev–Trinajstić information content (AvgIpc) is 3.28. The van der Waals surface area contributed by atoms with E-state index in [-0.39, 0.29) is 22.8 Å². The summed E-state index contributed by atoms with van der Waals surface area (Å²) in [6.45, 7) is 2.12. The minimum absolute atomic E-state index is 0.0225. The molecule has 28 heavy (non-hydrogen) atoms. The Balaban J connectivity index is 1.65. The van der Waals surface area contributed by atoms with Crippen molar-refractivity contribution >= 4 is 39.9 Å². The monoisotopic (exact) mass is 425 g/mol. The van der Waals surface area contributed by atoms with Crippen LogP contribution in [0.5, 0.6) is 0 Å². The Morgan fingerprint density at radius 1 is 1.57 bits per heavy atom. The lowest BCUT2D eigenvalue weighted by Gasteiger charge is -2.34. The number of nitrogens with zero attached hydrogens (tertiary/aromatic N) is 3. The molecule has 0 radical (unpaired) electrons. The molecule has 0 aliphatic carbocycles. The predicted molar refractivity (Wildman–Crippen MR) is 102 cm³/mol. The van der Waals surface area contributed by atoms with E-state index in [4.69, 9.17) is 11.6 Å². The van der Waals surface area contributed by atoms with Crippen LogP contribution in [0.2, 0.25) is 5.02 Å². The predicted octanol–water partition coefficient (Wildman–Crippen LogP) is 2.44. The first kappa shape index (κ1) is 20.1. The summed E-state index contributed by atoms with van der Waals surface area (Å²) >= 11 is 7.12. The number of alkyl halides is 1. The highest BCUT2D eigenvalue weighted by Gasteiger charge is 2.33. The third-order valence-electron chi connectivity index (χ3n) is 4.46. The number of anilines is 1. The SMILES string of the molecule is COC(=O)c1cnc(N2CC[C@@H](NC(=O)c3[nH]c(C)c(Cl)c3C#N)[C@@H](F)C2)s1. The van der Waals surface area contributed by atoms with E-state index in [0.29, 0.717) is 28.7 Å². The standard InChI is InChI=1S/C17H17ClFN5O3S/c1-8-13(18)9(5-20)14(22-8)15(25)23-11-3-4-24(7-10(11)19)17-21-6-12(28-17)16(26)27-2/h6,10-11,22H,3-4,7H2,1-2H3,(H,23,25)/t10-,11+/m0/s1. The first-order valence-corrected chi connectivity index (χ1v) is 9.57. The number of rotatable bonds is 4. The topological polar surface area (TPSA) is 111 Å².